The van der Waals surface area contributed by atoms with Gasteiger partial charge < -0.3 is 15.5 Å². The van der Waals surface area contributed by atoms with Crippen LogP contribution in [-0.4, -0.2) is 25.0 Å². The minimum Gasteiger partial charge on any atom is -0.378 e. The summed E-state index contributed by atoms with van der Waals surface area (Å²) in [6, 6.07) is 16.8. The lowest BCUT2D eigenvalue weighted by Gasteiger charge is -2.13. The summed E-state index contributed by atoms with van der Waals surface area (Å²) in [5, 5.41) is 6.81. The molecule has 0 radical (unpaired) electrons. The van der Waals surface area contributed by atoms with Crippen molar-refractivity contribution in [3.63, 3.8) is 0 Å². The molecule has 2 aromatic carbocycles. The molecule has 0 atom stereocenters. The van der Waals surface area contributed by atoms with Gasteiger partial charge in [-0.05, 0) is 61.0 Å². The van der Waals surface area contributed by atoms with Crippen molar-refractivity contribution in [3.8, 4) is 0 Å². The third kappa shape index (κ3) is 4.57. The Morgan fingerprint density at radius 3 is 2.33 bits per heavy atom. The zero-order valence-electron chi connectivity index (χ0n) is 15.5. The number of pyridine rings is 1. The molecule has 0 fully saturated rings. The molecular weight excluding hydrogens is 360 g/mol. The maximum absolute atomic E-state index is 12.4. The molecule has 1 aromatic heterocycles. The van der Waals surface area contributed by atoms with E-state index in [9.17, 15) is 4.79 Å². The van der Waals surface area contributed by atoms with Crippen molar-refractivity contribution in [2.45, 2.75) is 6.92 Å². The van der Waals surface area contributed by atoms with Crippen LogP contribution in [0.1, 0.15) is 16.1 Å². The Balaban J connectivity index is 1.67. The third-order valence-corrected chi connectivity index (χ3v) is 4.59. The minimum atomic E-state index is -0.252. The van der Waals surface area contributed by atoms with Crippen molar-refractivity contribution < 1.29 is 4.79 Å². The third-order valence-electron chi connectivity index (χ3n) is 4.18. The number of aromatic nitrogens is 1. The first-order chi connectivity index (χ1) is 12.9. The quantitative estimate of drug-likeness (QED) is 0.646. The highest BCUT2D eigenvalue weighted by Crippen LogP contribution is 2.26. The number of carbonyl (C=O) groups excluding carboxylic acids is 1. The number of nitrogens with zero attached hydrogens (tertiary/aromatic N) is 2. The molecule has 0 bridgehead atoms. The van der Waals surface area contributed by atoms with Gasteiger partial charge in [-0.2, -0.15) is 0 Å². The van der Waals surface area contributed by atoms with Gasteiger partial charge in [-0.15, -0.1) is 0 Å². The molecule has 1 amide bonds. The Morgan fingerprint density at radius 1 is 1.00 bits per heavy atom. The standard InChI is InChI=1S/C21H21ClN4O/c1-14-18(22)5-4-6-19(14)24-16-9-12-20(23-13-16)21(27)25-15-7-10-17(11-8-15)26(2)3/h4-13,24H,1-3H3,(H,25,27). The van der Waals surface area contributed by atoms with Crippen LogP contribution in [0.3, 0.4) is 0 Å². The number of benzene rings is 2. The number of nitrogens with one attached hydrogen (secondary N) is 2. The van der Waals surface area contributed by atoms with E-state index >= 15 is 0 Å². The first kappa shape index (κ1) is 18.7. The van der Waals surface area contributed by atoms with Crippen LogP contribution >= 0.6 is 11.6 Å². The maximum Gasteiger partial charge on any atom is 0.274 e. The second kappa shape index (κ2) is 8.10. The summed E-state index contributed by atoms with van der Waals surface area (Å²) in [7, 11) is 3.94. The summed E-state index contributed by atoms with van der Waals surface area (Å²) in [6.07, 6.45) is 1.63. The highest BCUT2D eigenvalue weighted by molar-refractivity contribution is 6.31. The molecule has 0 unspecified atom stereocenters. The number of amides is 1. The van der Waals surface area contributed by atoms with Gasteiger partial charge in [-0.1, -0.05) is 17.7 Å². The Hall–Kier alpha value is -3.05. The van der Waals surface area contributed by atoms with Gasteiger partial charge in [0, 0.05) is 36.2 Å². The first-order valence-electron chi connectivity index (χ1n) is 8.51. The van der Waals surface area contributed by atoms with Crippen molar-refractivity contribution in [1.82, 2.24) is 4.98 Å². The number of halogens is 1. The Kier molecular flexibility index (Phi) is 5.62. The molecule has 1 heterocycles. The monoisotopic (exact) mass is 380 g/mol. The van der Waals surface area contributed by atoms with E-state index in [1.807, 2.05) is 74.4 Å². The number of carbonyl (C=O) groups is 1. The van der Waals surface area contributed by atoms with Crippen molar-refractivity contribution in [2.75, 3.05) is 29.6 Å². The van der Waals surface area contributed by atoms with Crippen LogP contribution < -0.4 is 15.5 Å². The normalized spacial score (nSPS) is 10.4. The van der Waals surface area contributed by atoms with E-state index in [-0.39, 0.29) is 5.91 Å². The Bertz CT molecular complexity index is 937. The van der Waals surface area contributed by atoms with E-state index in [0.29, 0.717) is 10.7 Å². The van der Waals surface area contributed by atoms with Gasteiger partial charge in [-0.25, -0.2) is 4.98 Å². The SMILES string of the molecule is Cc1c(Cl)cccc1Nc1ccc(C(=O)Nc2ccc(N(C)C)cc2)nc1. The van der Waals surface area contributed by atoms with Crippen molar-refractivity contribution >= 4 is 40.3 Å². The van der Waals surface area contributed by atoms with Crippen LogP contribution in [0.2, 0.25) is 5.02 Å². The molecule has 0 saturated carbocycles. The lowest BCUT2D eigenvalue weighted by molar-refractivity contribution is 0.102. The predicted molar refractivity (Wildman–Crippen MR) is 112 cm³/mol. The van der Waals surface area contributed by atoms with Crippen LogP contribution in [0.4, 0.5) is 22.7 Å². The van der Waals surface area contributed by atoms with Gasteiger partial charge in [0.25, 0.3) is 5.91 Å². The molecule has 0 aliphatic heterocycles. The van der Waals surface area contributed by atoms with Gasteiger partial charge >= 0.3 is 0 Å². The van der Waals surface area contributed by atoms with Crippen molar-refractivity contribution in [1.29, 1.82) is 0 Å². The maximum atomic E-state index is 12.4. The molecule has 3 aromatic rings. The molecule has 6 heteroatoms. The number of anilines is 4. The molecule has 27 heavy (non-hydrogen) atoms. The minimum absolute atomic E-state index is 0.252. The number of rotatable bonds is 5. The van der Waals surface area contributed by atoms with Crippen LogP contribution in [0.5, 0.6) is 0 Å². The molecule has 0 saturated heterocycles. The van der Waals surface area contributed by atoms with E-state index in [0.717, 1.165) is 28.3 Å². The van der Waals surface area contributed by atoms with E-state index in [1.54, 1.807) is 12.3 Å². The van der Waals surface area contributed by atoms with E-state index in [2.05, 4.69) is 15.6 Å². The summed E-state index contributed by atoms with van der Waals surface area (Å²) in [6.45, 7) is 1.95. The van der Waals surface area contributed by atoms with Crippen LogP contribution in [-0.2, 0) is 0 Å². The van der Waals surface area contributed by atoms with Gasteiger partial charge in [0.15, 0.2) is 0 Å². The predicted octanol–water partition coefficient (Wildman–Crippen LogP) is 5.11. The molecule has 138 valence electrons. The fourth-order valence-electron chi connectivity index (χ4n) is 2.54. The van der Waals surface area contributed by atoms with Gasteiger partial charge in [0.2, 0.25) is 0 Å². The zero-order chi connectivity index (χ0) is 19.4. The van der Waals surface area contributed by atoms with Crippen molar-refractivity contribution in [3.05, 3.63) is 77.1 Å². The van der Waals surface area contributed by atoms with E-state index < -0.39 is 0 Å². The molecule has 3 rings (SSSR count). The van der Waals surface area contributed by atoms with Crippen LogP contribution in [0.25, 0.3) is 0 Å². The average Bonchev–Trinajstić information content (AvgIpc) is 2.66. The average molecular weight is 381 g/mol. The Morgan fingerprint density at radius 2 is 1.70 bits per heavy atom. The fraction of sp³-hybridized carbons (Fsp3) is 0.143. The topological polar surface area (TPSA) is 57.3 Å². The van der Waals surface area contributed by atoms with Crippen molar-refractivity contribution in [2.24, 2.45) is 0 Å². The molecular formula is C21H21ClN4O. The largest absolute Gasteiger partial charge is 0.378 e. The summed E-state index contributed by atoms with van der Waals surface area (Å²) >= 11 is 6.14. The number of hydrogen-bond donors (Lipinski definition) is 2. The second-order valence-electron chi connectivity index (χ2n) is 6.36. The van der Waals surface area contributed by atoms with E-state index in [4.69, 9.17) is 11.6 Å². The van der Waals surface area contributed by atoms with Gasteiger partial charge in [0.05, 0.1) is 11.9 Å². The highest BCUT2D eigenvalue weighted by atomic mass is 35.5. The van der Waals surface area contributed by atoms with Crippen LogP contribution in [0, 0.1) is 6.92 Å². The highest BCUT2D eigenvalue weighted by Gasteiger charge is 2.09. The summed E-state index contributed by atoms with van der Waals surface area (Å²) in [4.78, 5) is 18.6. The van der Waals surface area contributed by atoms with Gasteiger partial charge in [-0.3, -0.25) is 4.79 Å². The number of hydrogen-bond acceptors (Lipinski definition) is 4. The molecule has 5 nitrogen and oxygen atoms in total. The lowest BCUT2D eigenvalue weighted by Crippen LogP contribution is -2.14. The Labute approximate surface area is 164 Å². The summed E-state index contributed by atoms with van der Waals surface area (Å²) in [5.74, 6) is -0.252. The molecule has 2 N–H and O–H groups in total. The molecule has 0 aliphatic carbocycles. The summed E-state index contributed by atoms with van der Waals surface area (Å²) in [5.41, 5.74) is 4.79. The summed E-state index contributed by atoms with van der Waals surface area (Å²) < 4.78 is 0. The smallest absolute Gasteiger partial charge is 0.274 e. The molecule has 0 spiro atoms. The first-order valence-corrected chi connectivity index (χ1v) is 8.89. The van der Waals surface area contributed by atoms with E-state index in [1.165, 1.54) is 0 Å². The molecule has 0 aliphatic rings. The fourth-order valence-corrected chi connectivity index (χ4v) is 2.71. The van der Waals surface area contributed by atoms with Gasteiger partial charge in [0.1, 0.15) is 5.69 Å². The second-order valence-corrected chi connectivity index (χ2v) is 6.77. The lowest BCUT2D eigenvalue weighted by atomic mass is 10.2. The van der Waals surface area contributed by atoms with Crippen LogP contribution in [0.15, 0.2) is 60.8 Å². The zero-order valence-corrected chi connectivity index (χ0v) is 16.2.